The van der Waals surface area contributed by atoms with Crippen LogP contribution in [0.3, 0.4) is 0 Å². The molecule has 1 aliphatic rings. The fourth-order valence-corrected chi connectivity index (χ4v) is 3.45. The highest BCUT2D eigenvalue weighted by atomic mass is 15.3. The fraction of sp³-hybridized carbons (Fsp3) is 0.824. The molecule has 1 fully saturated rings. The lowest BCUT2D eigenvalue weighted by molar-refractivity contribution is 0.267. The number of nitrogens with zero attached hydrogens (tertiary/aromatic N) is 2. The topological polar surface area (TPSA) is 29.9 Å². The summed E-state index contributed by atoms with van der Waals surface area (Å²) in [6.45, 7) is 9.82. The van der Waals surface area contributed by atoms with E-state index < -0.39 is 0 Å². The minimum atomic E-state index is 0.947. The Morgan fingerprint density at radius 2 is 2.20 bits per heavy atom. The maximum Gasteiger partial charge on any atom is 0.0625 e. The predicted octanol–water partition coefficient (Wildman–Crippen LogP) is 3.77. The second kappa shape index (κ2) is 7.82. The van der Waals surface area contributed by atoms with E-state index in [9.17, 15) is 0 Å². The van der Waals surface area contributed by atoms with Crippen molar-refractivity contribution >= 4 is 0 Å². The van der Waals surface area contributed by atoms with Crippen LogP contribution in [-0.4, -0.2) is 16.3 Å². The molecule has 1 aromatic heterocycles. The summed E-state index contributed by atoms with van der Waals surface area (Å²) in [5.41, 5.74) is 2.55. The highest BCUT2D eigenvalue weighted by molar-refractivity contribution is 5.10. The number of rotatable bonds is 7. The maximum absolute atomic E-state index is 4.60. The van der Waals surface area contributed by atoms with Crippen molar-refractivity contribution in [1.82, 2.24) is 15.1 Å². The Balaban J connectivity index is 1.71. The molecular formula is C17H31N3. The summed E-state index contributed by atoms with van der Waals surface area (Å²) in [7, 11) is 0. The van der Waals surface area contributed by atoms with Gasteiger partial charge in [0.15, 0.2) is 0 Å². The van der Waals surface area contributed by atoms with Crippen LogP contribution in [0.4, 0.5) is 0 Å². The molecule has 0 amide bonds. The minimum absolute atomic E-state index is 0.947. The van der Waals surface area contributed by atoms with Crippen molar-refractivity contribution < 1.29 is 0 Å². The fourth-order valence-electron chi connectivity index (χ4n) is 3.45. The van der Waals surface area contributed by atoms with Crippen molar-refractivity contribution in [3.63, 3.8) is 0 Å². The van der Waals surface area contributed by atoms with Crippen LogP contribution in [0.5, 0.6) is 0 Å². The third-order valence-electron chi connectivity index (χ3n) is 4.66. The van der Waals surface area contributed by atoms with Crippen LogP contribution in [0.1, 0.15) is 64.3 Å². The zero-order valence-corrected chi connectivity index (χ0v) is 13.5. The summed E-state index contributed by atoms with van der Waals surface area (Å²) in [4.78, 5) is 0. The number of aryl methyl sites for hydroxylation is 2. The van der Waals surface area contributed by atoms with Crippen LogP contribution in [0, 0.1) is 11.8 Å². The Morgan fingerprint density at radius 3 is 2.90 bits per heavy atom. The van der Waals surface area contributed by atoms with Gasteiger partial charge in [-0.05, 0) is 50.6 Å². The van der Waals surface area contributed by atoms with Gasteiger partial charge in [-0.3, -0.25) is 4.68 Å². The molecule has 3 heteroatoms. The molecule has 0 aliphatic heterocycles. The quantitative estimate of drug-likeness (QED) is 0.769. The van der Waals surface area contributed by atoms with Crippen LogP contribution >= 0.6 is 0 Å². The Kier molecular flexibility index (Phi) is 6.08. The van der Waals surface area contributed by atoms with E-state index in [1.54, 1.807) is 0 Å². The van der Waals surface area contributed by atoms with Gasteiger partial charge in [0.1, 0.15) is 0 Å². The van der Waals surface area contributed by atoms with Crippen LogP contribution in [-0.2, 0) is 19.5 Å². The van der Waals surface area contributed by atoms with E-state index in [0.717, 1.165) is 37.9 Å². The predicted molar refractivity (Wildman–Crippen MR) is 84.7 cm³/mol. The molecular weight excluding hydrogens is 246 g/mol. The molecule has 1 saturated carbocycles. The lowest BCUT2D eigenvalue weighted by Crippen LogP contribution is -2.22. The summed E-state index contributed by atoms with van der Waals surface area (Å²) in [6, 6.07) is 2.25. The Morgan fingerprint density at radius 1 is 1.35 bits per heavy atom. The van der Waals surface area contributed by atoms with E-state index >= 15 is 0 Å². The molecule has 1 aliphatic carbocycles. The summed E-state index contributed by atoms with van der Waals surface area (Å²) in [5.74, 6) is 1.90. The van der Waals surface area contributed by atoms with Gasteiger partial charge in [0.25, 0.3) is 0 Å². The van der Waals surface area contributed by atoms with Crippen molar-refractivity contribution in [2.45, 2.75) is 72.4 Å². The molecule has 0 radical (unpaired) electrons. The summed E-state index contributed by atoms with van der Waals surface area (Å²) in [5, 5.41) is 8.22. The zero-order valence-electron chi connectivity index (χ0n) is 13.5. The van der Waals surface area contributed by atoms with Crippen LogP contribution in [0.2, 0.25) is 0 Å². The molecule has 0 saturated heterocycles. The van der Waals surface area contributed by atoms with Gasteiger partial charge in [0, 0.05) is 13.1 Å². The van der Waals surface area contributed by atoms with Crippen molar-refractivity contribution in [3.05, 3.63) is 17.5 Å². The van der Waals surface area contributed by atoms with Crippen molar-refractivity contribution in [2.24, 2.45) is 11.8 Å². The molecule has 2 rings (SSSR count). The largest absolute Gasteiger partial charge is 0.311 e. The van der Waals surface area contributed by atoms with Gasteiger partial charge in [0.2, 0.25) is 0 Å². The first-order chi connectivity index (χ1) is 9.72. The van der Waals surface area contributed by atoms with Gasteiger partial charge < -0.3 is 5.32 Å². The monoisotopic (exact) mass is 277 g/mol. The lowest BCUT2D eigenvalue weighted by atomic mass is 9.81. The highest BCUT2D eigenvalue weighted by Gasteiger charge is 2.18. The minimum Gasteiger partial charge on any atom is -0.311 e. The van der Waals surface area contributed by atoms with Crippen LogP contribution < -0.4 is 5.32 Å². The van der Waals surface area contributed by atoms with Gasteiger partial charge in [-0.1, -0.05) is 33.1 Å². The van der Waals surface area contributed by atoms with Crippen LogP contribution in [0.15, 0.2) is 6.07 Å². The third kappa shape index (κ3) is 4.34. The summed E-state index contributed by atoms with van der Waals surface area (Å²) >= 11 is 0. The number of hydrogen-bond acceptors (Lipinski definition) is 2. The van der Waals surface area contributed by atoms with Gasteiger partial charge in [0.05, 0.1) is 11.4 Å². The van der Waals surface area contributed by atoms with E-state index in [-0.39, 0.29) is 0 Å². The summed E-state index contributed by atoms with van der Waals surface area (Å²) in [6.07, 6.45) is 8.13. The average Bonchev–Trinajstić information content (AvgIpc) is 2.86. The molecule has 1 heterocycles. The van der Waals surface area contributed by atoms with Gasteiger partial charge in [-0.2, -0.15) is 5.10 Å². The average molecular weight is 277 g/mol. The Hall–Kier alpha value is -0.830. The van der Waals surface area contributed by atoms with Crippen molar-refractivity contribution in [3.8, 4) is 0 Å². The SMILES string of the molecule is CCc1cc(CNCCC2CCCC(C)C2)n(CC)n1. The van der Waals surface area contributed by atoms with Gasteiger partial charge in [-0.15, -0.1) is 0 Å². The molecule has 2 atom stereocenters. The van der Waals surface area contributed by atoms with E-state index in [1.165, 1.54) is 43.5 Å². The molecule has 0 bridgehead atoms. The van der Waals surface area contributed by atoms with E-state index in [1.807, 2.05) is 0 Å². The molecule has 0 spiro atoms. The second-order valence-electron chi connectivity index (χ2n) is 6.40. The normalized spacial score (nSPS) is 23.1. The van der Waals surface area contributed by atoms with E-state index in [4.69, 9.17) is 0 Å². The van der Waals surface area contributed by atoms with Crippen molar-refractivity contribution in [1.29, 1.82) is 0 Å². The number of aromatic nitrogens is 2. The Bertz CT molecular complexity index is 397. The summed E-state index contributed by atoms with van der Waals surface area (Å²) < 4.78 is 2.13. The first kappa shape index (κ1) is 15.6. The maximum atomic E-state index is 4.60. The molecule has 2 unspecified atom stereocenters. The molecule has 0 aromatic carbocycles. The first-order valence-electron chi connectivity index (χ1n) is 8.49. The number of hydrogen-bond donors (Lipinski definition) is 1. The molecule has 20 heavy (non-hydrogen) atoms. The lowest BCUT2D eigenvalue weighted by Gasteiger charge is -2.26. The van der Waals surface area contributed by atoms with E-state index in [2.05, 4.69) is 41.9 Å². The van der Waals surface area contributed by atoms with Crippen molar-refractivity contribution in [2.75, 3.05) is 6.54 Å². The van der Waals surface area contributed by atoms with E-state index in [0.29, 0.717) is 0 Å². The molecule has 114 valence electrons. The first-order valence-corrected chi connectivity index (χ1v) is 8.49. The zero-order chi connectivity index (χ0) is 14.4. The molecule has 1 N–H and O–H groups in total. The highest BCUT2D eigenvalue weighted by Crippen LogP contribution is 2.30. The smallest absolute Gasteiger partial charge is 0.0625 e. The third-order valence-corrected chi connectivity index (χ3v) is 4.66. The molecule has 1 aromatic rings. The van der Waals surface area contributed by atoms with Gasteiger partial charge >= 0.3 is 0 Å². The molecule has 3 nitrogen and oxygen atoms in total. The van der Waals surface area contributed by atoms with Crippen LogP contribution in [0.25, 0.3) is 0 Å². The number of nitrogens with one attached hydrogen (secondary N) is 1. The standard InChI is InChI=1S/C17H31N3/c1-4-16-12-17(20(5-2)19-16)13-18-10-9-15-8-6-7-14(3)11-15/h12,14-15,18H,4-11,13H2,1-3H3. The Labute approximate surface area is 124 Å². The second-order valence-corrected chi connectivity index (χ2v) is 6.40. The van der Waals surface area contributed by atoms with Gasteiger partial charge in [-0.25, -0.2) is 0 Å².